The van der Waals surface area contributed by atoms with Crippen molar-refractivity contribution in [1.29, 1.82) is 0 Å². The van der Waals surface area contributed by atoms with Gasteiger partial charge in [-0.15, -0.1) is 0 Å². The highest BCUT2D eigenvalue weighted by molar-refractivity contribution is 6.33. The predicted octanol–water partition coefficient (Wildman–Crippen LogP) is 3.44. The fraction of sp³-hybridized carbons (Fsp3) is 0.188. The van der Waals surface area contributed by atoms with Crippen molar-refractivity contribution in [3.8, 4) is 11.5 Å². The third-order valence-corrected chi connectivity index (χ3v) is 3.90. The molecule has 1 aliphatic heterocycles. The van der Waals surface area contributed by atoms with E-state index in [-0.39, 0.29) is 22.4 Å². The molecule has 0 fully saturated rings. The maximum atomic E-state index is 13.2. The number of hydrogen-bond acceptors (Lipinski definition) is 3. The molecular formula is C16H13ClFNO3. The van der Waals surface area contributed by atoms with Gasteiger partial charge in [0.05, 0.1) is 16.6 Å². The quantitative estimate of drug-likeness (QED) is 0.891. The molecule has 0 saturated heterocycles. The van der Waals surface area contributed by atoms with Crippen LogP contribution < -0.4 is 10.1 Å². The van der Waals surface area contributed by atoms with Crippen LogP contribution in [0.25, 0.3) is 0 Å². The van der Waals surface area contributed by atoms with Crippen LogP contribution in [0.2, 0.25) is 5.02 Å². The van der Waals surface area contributed by atoms with E-state index in [1.54, 1.807) is 13.0 Å². The summed E-state index contributed by atoms with van der Waals surface area (Å²) in [5, 5.41) is 12.5. The summed E-state index contributed by atoms with van der Waals surface area (Å²) in [5.74, 6) is -0.458. The number of fused-ring (bicyclic) bond motifs is 1. The summed E-state index contributed by atoms with van der Waals surface area (Å²) in [6.07, 6.45) is -0.336. The Bertz CT molecular complexity index is 750. The molecule has 0 radical (unpaired) electrons. The first-order valence-electron chi connectivity index (χ1n) is 6.71. The van der Waals surface area contributed by atoms with Gasteiger partial charge in [-0.05, 0) is 31.2 Å². The second-order valence-corrected chi connectivity index (χ2v) is 5.53. The minimum absolute atomic E-state index is 0.0484. The SMILES string of the molecule is CC1Oc2cc(F)ccc2C1NC(=O)c1cc(O)ccc1Cl. The summed E-state index contributed by atoms with van der Waals surface area (Å²) in [5.41, 5.74) is 0.878. The molecule has 2 N–H and O–H groups in total. The molecule has 2 aromatic carbocycles. The Morgan fingerprint density at radius 1 is 1.32 bits per heavy atom. The summed E-state index contributed by atoms with van der Waals surface area (Å²) >= 11 is 5.98. The van der Waals surface area contributed by atoms with Gasteiger partial charge in [-0.3, -0.25) is 4.79 Å². The first-order valence-corrected chi connectivity index (χ1v) is 7.09. The maximum absolute atomic E-state index is 13.2. The summed E-state index contributed by atoms with van der Waals surface area (Å²) in [7, 11) is 0. The van der Waals surface area contributed by atoms with Gasteiger partial charge in [-0.1, -0.05) is 17.7 Å². The van der Waals surface area contributed by atoms with Gasteiger partial charge in [0.25, 0.3) is 5.91 Å². The van der Waals surface area contributed by atoms with Gasteiger partial charge in [0, 0.05) is 11.6 Å². The van der Waals surface area contributed by atoms with Crippen molar-refractivity contribution < 1.29 is 19.0 Å². The van der Waals surface area contributed by atoms with Crippen molar-refractivity contribution in [3.63, 3.8) is 0 Å². The van der Waals surface area contributed by atoms with Crippen LogP contribution in [-0.2, 0) is 0 Å². The lowest BCUT2D eigenvalue weighted by Gasteiger charge is -2.17. The van der Waals surface area contributed by atoms with E-state index in [0.717, 1.165) is 0 Å². The molecular weight excluding hydrogens is 309 g/mol. The van der Waals surface area contributed by atoms with Crippen LogP contribution in [0.4, 0.5) is 4.39 Å². The molecule has 2 unspecified atom stereocenters. The topological polar surface area (TPSA) is 58.6 Å². The highest BCUT2D eigenvalue weighted by atomic mass is 35.5. The van der Waals surface area contributed by atoms with Gasteiger partial charge in [0.15, 0.2) is 0 Å². The number of carbonyl (C=O) groups is 1. The molecule has 1 amide bonds. The van der Waals surface area contributed by atoms with Crippen LogP contribution >= 0.6 is 11.6 Å². The molecule has 0 spiro atoms. The monoisotopic (exact) mass is 321 g/mol. The smallest absolute Gasteiger partial charge is 0.253 e. The molecule has 0 aromatic heterocycles. The first kappa shape index (κ1) is 14.7. The van der Waals surface area contributed by atoms with Crippen molar-refractivity contribution in [1.82, 2.24) is 5.32 Å². The largest absolute Gasteiger partial charge is 0.508 e. The number of aromatic hydroxyl groups is 1. The van der Waals surface area contributed by atoms with Crippen molar-refractivity contribution >= 4 is 17.5 Å². The number of phenolic OH excluding ortho intramolecular Hbond substituents is 1. The fourth-order valence-corrected chi connectivity index (χ4v) is 2.69. The van der Waals surface area contributed by atoms with Crippen LogP contribution in [0.15, 0.2) is 36.4 Å². The summed E-state index contributed by atoms with van der Waals surface area (Å²) in [6.45, 7) is 1.78. The van der Waals surface area contributed by atoms with Crippen molar-refractivity contribution in [2.45, 2.75) is 19.1 Å². The van der Waals surface area contributed by atoms with Crippen LogP contribution in [-0.4, -0.2) is 17.1 Å². The van der Waals surface area contributed by atoms with Gasteiger partial charge >= 0.3 is 0 Å². The van der Waals surface area contributed by atoms with E-state index >= 15 is 0 Å². The third-order valence-electron chi connectivity index (χ3n) is 3.57. The Balaban J connectivity index is 1.87. The number of nitrogens with one attached hydrogen (secondary N) is 1. The zero-order valence-corrected chi connectivity index (χ0v) is 12.4. The number of ether oxygens (including phenoxy) is 1. The van der Waals surface area contributed by atoms with Crippen LogP contribution in [0.5, 0.6) is 11.5 Å². The summed E-state index contributed by atoms with van der Waals surface area (Å²) in [4.78, 5) is 12.4. The zero-order valence-electron chi connectivity index (χ0n) is 11.6. The Labute approximate surface area is 131 Å². The highest BCUT2D eigenvalue weighted by Gasteiger charge is 2.33. The van der Waals surface area contributed by atoms with E-state index in [2.05, 4.69) is 5.32 Å². The predicted molar refractivity (Wildman–Crippen MR) is 79.8 cm³/mol. The van der Waals surface area contributed by atoms with Crippen LogP contribution in [0.1, 0.15) is 28.9 Å². The van der Waals surface area contributed by atoms with Gasteiger partial charge in [0.2, 0.25) is 0 Å². The number of hydrogen-bond donors (Lipinski definition) is 2. The van der Waals surface area contributed by atoms with Crippen molar-refractivity contribution in [2.75, 3.05) is 0 Å². The van der Waals surface area contributed by atoms with Crippen molar-refractivity contribution in [3.05, 3.63) is 58.4 Å². The molecule has 2 atom stereocenters. The summed E-state index contributed by atoms with van der Waals surface area (Å²) < 4.78 is 18.8. The molecule has 0 aliphatic carbocycles. The number of benzene rings is 2. The minimum atomic E-state index is -0.432. The average Bonchev–Trinajstić information content (AvgIpc) is 2.76. The summed E-state index contributed by atoms with van der Waals surface area (Å²) in [6, 6.07) is 7.93. The Hall–Kier alpha value is -2.27. The van der Waals surface area contributed by atoms with Crippen LogP contribution in [0, 0.1) is 5.82 Å². The third kappa shape index (κ3) is 2.60. The number of rotatable bonds is 2. The molecule has 114 valence electrons. The second-order valence-electron chi connectivity index (χ2n) is 5.12. The lowest BCUT2D eigenvalue weighted by molar-refractivity contribution is 0.0908. The number of carbonyl (C=O) groups excluding carboxylic acids is 1. The molecule has 2 aromatic rings. The zero-order chi connectivity index (χ0) is 15.9. The van der Waals surface area contributed by atoms with Gasteiger partial charge in [0.1, 0.15) is 23.4 Å². The highest BCUT2D eigenvalue weighted by Crippen LogP contribution is 2.37. The number of amides is 1. The number of halogens is 2. The van der Waals surface area contributed by atoms with Gasteiger partial charge in [-0.2, -0.15) is 0 Å². The van der Waals surface area contributed by atoms with E-state index in [9.17, 15) is 14.3 Å². The standard InChI is InChI=1S/C16H13ClFNO3/c1-8-15(11-4-2-9(18)6-14(11)22-8)19-16(21)12-7-10(20)3-5-13(12)17/h2-8,15,20H,1H3,(H,19,21). The van der Waals surface area contributed by atoms with E-state index in [1.165, 1.54) is 30.3 Å². The number of phenols is 1. The maximum Gasteiger partial charge on any atom is 0.253 e. The molecule has 0 bridgehead atoms. The second kappa shape index (κ2) is 5.50. The molecule has 4 nitrogen and oxygen atoms in total. The molecule has 1 heterocycles. The molecule has 22 heavy (non-hydrogen) atoms. The van der Waals surface area contributed by atoms with Crippen molar-refractivity contribution in [2.24, 2.45) is 0 Å². The minimum Gasteiger partial charge on any atom is -0.508 e. The lowest BCUT2D eigenvalue weighted by atomic mass is 10.0. The fourth-order valence-electron chi connectivity index (χ4n) is 2.49. The first-order chi connectivity index (χ1) is 10.5. The Kier molecular flexibility index (Phi) is 3.66. The van der Waals surface area contributed by atoms with Crippen LogP contribution in [0.3, 0.4) is 0 Å². The van der Waals surface area contributed by atoms with E-state index < -0.39 is 17.8 Å². The van der Waals surface area contributed by atoms with E-state index in [1.807, 2.05) is 0 Å². The molecule has 0 saturated carbocycles. The van der Waals surface area contributed by atoms with Gasteiger partial charge in [-0.25, -0.2) is 4.39 Å². The normalized spacial score (nSPS) is 19.4. The lowest BCUT2D eigenvalue weighted by Crippen LogP contribution is -2.34. The Morgan fingerprint density at radius 3 is 2.86 bits per heavy atom. The molecule has 1 aliphatic rings. The molecule has 3 rings (SSSR count). The van der Waals surface area contributed by atoms with E-state index in [4.69, 9.17) is 16.3 Å². The van der Waals surface area contributed by atoms with E-state index in [0.29, 0.717) is 11.3 Å². The Morgan fingerprint density at radius 2 is 2.09 bits per heavy atom. The molecule has 6 heteroatoms. The average molecular weight is 322 g/mol. The van der Waals surface area contributed by atoms with Gasteiger partial charge < -0.3 is 15.2 Å².